The number of fused-ring (bicyclic) bond motifs is 6. The number of furan rings is 1. The molecule has 0 aliphatic carbocycles. The summed E-state index contributed by atoms with van der Waals surface area (Å²) >= 11 is 0. The van der Waals surface area contributed by atoms with E-state index < -0.39 is 0 Å². The van der Waals surface area contributed by atoms with E-state index >= 15 is 0 Å². The van der Waals surface area contributed by atoms with Gasteiger partial charge in [-0.05, 0) is 97.0 Å². The maximum Gasteiger partial charge on any atom is 0.155 e. The normalized spacial score (nSPS) is 11.6. The first-order valence-corrected chi connectivity index (χ1v) is 16.9. The summed E-state index contributed by atoms with van der Waals surface area (Å²) in [4.78, 5) is 7.30. The van der Waals surface area contributed by atoms with Crippen molar-refractivity contribution in [2.45, 2.75) is 0 Å². The van der Waals surface area contributed by atoms with Gasteiger partial charge in [0, 0.05) is 22.8 Å². The highest BCUT2D eigenvalue weighted by Crippen LogP contribution is 2.40. The van der Waals surface area contributed by atoms with Crippen molar-refractivity contribution in [3.8, 4) is 22.3 Å². The third-order valence-corrected chi connectivity index (χ3v) is 9.83. The van der Waals surface area contributed by atoms with E-state index in [1.165, 1.54) is 43.6 Å². The molecule has 0 fully saturated rings. The van der Waals surface area contributed by atoms with E-state index in [9.17, 15) is 0 Å². The van der Waals surface area contributed by atoms with Gasteiger partial charge in [-0.15, -0.1) is 0 Å². The van der Waals surface area contributed by atoms with Crippen molar-refractivity contribution in [2.75, 3.05) is 4.90 Å². The van der Waals surface area contributed by atoms with Crippen molar-refractivity contribution in [3.05, 3.63) is 182 Å². The van der Waals surface area contributed by atoms with E-state index in [1.807, 2.05) is 6.20 Å². The summed E-state index contributed by atoms with van der Waals surface area (Å²) in [5.41, 5.74) is 10.2. The van der Waals surface area contributed by atoms with E-state index in [0.29, 0.717) is 0 Å². The Labute approximate surface area is 289 Å². The fraction of sp³-hybridized carbons (Fsp3) is 0. The van der Waals surface area contributed by atoms with Crippen LogP contribution in [0, 0.1) is 0 Å². The van der Waals surface area contributed by atoms with Gasteiger partial charge >= 0.3 is 0 Å². The van der Waals surface area contributed by atoms with Crippen molar-refractivity contribution < 1.29 is 4.42 Å². The van der Waals surface area contributed by atoms with E-state index in [-0.39, 0.29) is 0 Å². The van der Waals surface area contributed by atoms with Crippen LogP contribution in [0.15, 0.2) is 187 Å². The average Bonchev–Trinajstić information content (AvgIpc) is 3.53. The minimum absolute atomic E-state index is 0.760. The van der Waals surface area contributed by atoms with Crippen LogP contribution in [0.3, 0.4) is 0 Å². The van der Waals surface area contributed by atoms with Gasteiger partial charge in [0.05, 0.1) is 11.9 Å². The lowest BCUT2D eigenvalue weighted by Crippen LogP contribution is -2.10. The van der Waals surface area contributed by atoms with Crippen LogP contribution in [-0.2, 0) is 0 Å². The Morgan fingerprint density at radius 3 is 1.88 bits per heavy atom. The summed E-state index contributed by atoms with van der Waals surface area (Å²) in [5, 5.41) is 8.29. The van der Waals surface area contributed by atoms with Crippen LogP contribution in [0.1, 0.15) is 0 Å². The monoisotopic (exact) mass is 638 g/mol. The molecule has 0 unspecified atom stereocenters. The second-order valence-corrected chi connectivity index (χ2v) is 12.9. The summed E-state index contributed by atoms with van der Waals surface area (Å²) in [6.07, 6.45) is 1.97. The van der Waals surface area contributed by atoms with Crippen molar-refractivity contribution in [1.82, 2.24) is 4.98 Å². The smallest absolute Gasteiger partial charge is 0.155 e. The molecule has 2 aromatic heterocycles. The van der Waals surface area contributed by atoms with Crippen molar-refractivity contribution in [3.63, 3.8) is 0 Å². The number of hydrogen-bond donors (Lipinski definition) is 0. The molecule has 0 radical (unpaired) electrons. The first-order chi connectivity index (χ1) is 24.7. The third-order valence-electron chi connectivity index (χ3n) is 9.83. The minimum Gasteiger partial charge on any atom is -0.454 e. The predicted molar refractivity (Wildman–Crippen MR) is 210 cm³/mol. The molecule has 50 heavy (non-hydrogen) atoms. The molecular weight excluding hydrogens is 609 g/mol. The van der Waals surface area contributed by atoms with Crippen molar-refractivity contribution in [1.29, 1.82) is 0 Å². The van der Waals surface area contributed by atoms with Crippen LogP contribution in [0.4, 0.5) is 17.1 Å². The van der Waals surface area contributed by atoms with Gasteiger partial charge in [0.1, 0.15) is 11.1 Å². The number of rotatable bonds is 5. The zero-order valence-electron chi connectivity index (χ0n) is 27.1. The molecule has 2 heterocycles. The van der Waals surface area contributed by atoms with Gasteiger partial charge < -0.3 is 9.32 Å². The van der Waals surface area contributed by atoms with Crippen molar-refractivity contribution in [2.24, 2.45) is 0 Å². The minimum atomic E-state index is 0.760. The van der Waals surface area contributed by atoms with E-state index in [0.717, 1.165) is 50.1 Å². The summed E-state index contributed by atoms with van der Waals surface area (Å²) in [7, 11) is 0. The Kier molecular flexibility index (Phi) is 6.49. The molecule has 0 amide bonds. The molecule has 0 atom stereocenters. The highest BCUT2D eigenvalue weighted by atomic mass is 16.3. The molecule has 3 heteroatoms. The SMILES string of the molecule is c1cc(-c2ccc3ccccc3c2)cc(N(c2ccc(-c3cccc4ccccc34)cc2)c2cnc3c(c2)oc2cc4ccccc4cc23)c1. The van der Waals surface area contributed by atoms with Crippen LogP contribution in [0.2, 0.25) is 0 Å². The molecule has 0 spiro atoms. The fourth-order valence-corrected chi connectivity index (χ4v) is 7.35. The molecule has 0 aliphatic rings. The van der Waals surface area contributed by atoms with Crippen LogP contribution in [0.25, 0.3) is 76.6 Å². The lowest BCUT2D eigenvalue weighted by atomic mass is 9.98. The molecule has 0 aliphatic heterocycles. The second-order valence-electron chi connectivity index (χ2n) is 12.9. The number of anilines is 3. The first kappa shape index (κ1) is 28.3. The summed E-state index contributed by atoms with van der Waals surface area (Å²) in [6, 6.07) is 62.6. The zero-order chi connectivity index (χ0) is 33.0. The molecular formula is C47H30N2O. The molecule has 0 N–H and O–H groups in total. The van der Waals surface area contributed by atoms with Crippen LogP contribution >= 0.6 is 0 Å². The quantitative estimate of drug-likeness (QED) is 0.188. The molecule has 0 bridgehead atoms. The Balaban J connectivity index is 1.12. The number of nitrogens with zero attached hydrogens (tertiary/aromatic N) is 2. The summed E-state index contributed by atoms with van der Waals surface area (Å²) in [5.74, 6) is 0. The van der Waals surface area contributed by atoms with Gasteiger partial charge in [-0.3, -0.25) is 0 Å². The lowest BCUT2D eigenvalue weighted by molar-refractivity contribution is 0.668. The average molecular weight is 639 g/mol. The van der Waals surface area contributed by atoms with E-state index in [1.54, 1.807) is 0 Å². The van der Waals surface area contributed by atoms with Gasteiger partial charge in [0.25, 0.3) is 0 Å². The van der Waals surface area contributed by atoms with E-state index in [4.69, 9.17) is 9.40 Å². The Morgan fingerprint density at radius 2 is 1.04 bits per heavy atom. The number of pyridine rings is 1. The lowest BCUT2D eigenvalue weighted by Gasteiger charge is -2.26. The first-order valence-electron chi connectivity index (χ1n) is 16.9. The molecule has 234 valence electrons. The topological polar surface area (TPSA) is 29.3 Å². The van der Waals surface area contributed by atoms with Gasteiger partial charge in [-0.25, -0.2) is 4.98 Å². The Morgan fingerprint density at radius 1 is 0.380 bits per heavy atom. The van der Waals surface area contributed by atoms with E-state index in [2.05, 4.69) is 181 Å². The number of hydrogen-bond acceptors (Lipinski definition) is 3. The molecule has 3 nitrogen and oxygen atoms in total. The van der Waals surface area contributed by atoms with Crippen LogP contribution < -0.4 is 4.90 Å². The van der Waals surface area contributed by atoms with Gasteiger partial charge in [-0.1, -0.05) is 127 Å². The fourth-order valence-electron chi connectivity index (χ4n) is 7.35. The third kappa shape index (κ3) is 4.79. The molecule has 10 aromatic rings. The highest BCUT2D eigenvalue weighted by Gasteiger charge is 2.18. The maximum absolute atomic E-state index is 6.49. The molecule has 8 aromatic carbocycles. The number of aromatic nitrogens is 1. The molecule has 0 saturated heterocycles. The maximum atomic E-state index is 6.49. The van der Waals surface area contributed by atoms with Gasteiger partial charge in [0.15, 0.2) is 5.58 Å². The summed E-state index contributed by atoms with van der Waals surface area (Å²) < 4.78 is 6.49. The van der Waals surface area contributed by atoms with Crippen LogP contribution in [0.5, 0.6) is 0 Å². The standard InChI is InChI=1S/C47H30N2O/c1-2-11-34-25-38(20-19-31(34)9-1)35-15-7-16-40(26-35)49(39-23-21-33(22-24-39)43-18-8-14-32-10-5-6-17-42(32)43)41-29-46-47(48-30-41)44-27-36-12-3-4-13-37(36)28-45(44)50-46/h1-30H. The second kappa shape index (κ2) is 11.5. The van der Waals surface area contributed by atoms with Crippen molar-refractivity contribution >= 4 is 71.4 Å². The van der Waals surface area contributed by atoms with Gasteiger partial charge in [0.2, 0.25) is 0 Å². The number of benzene rings is 8. The summed E-state index contributed by atoms with van der Waals surface area (Å²) in [6.45, 7) is 0. The molecule has 10 rings (SSSR count). The van der Waals surface area contributed by atoms with Gasteiger partial charge in [-0.2, -0.15) is 0 Å². The Hall–Kier alpha value is -6.71. The highest BCUT2D eigenvalue weighted by molar-refractivity contribution is 6.09. The largest absolute Gasteiger partial charge is 0.454 e. The zero-order valence-corrected chi connectivity index (χ0v) is 27.1. The predicted octanol–water partition coefficient (Wildman–Crippen LogP) is 13.2. The van der Waals surface area contributed by atoms with Crippen LogP contribution in [-0.4, -0.2) is 4.98 Å². The Bertz CT molecular complexity index is 2880. The molecule has 0 saturated carbocycles.